The monoisotopic (exact) mass is 201 g/mol. The molecule has 0 bridgehead atoms. The van der Waals surface area contributed by atoms with Crippen molar-refractivity contribution in [3.63, 3.8) is 0 Å². The molecule has 1 aliphatic heterocycles. The van der Waals surface area contributed by atoms with Crippen molar-refractivity contribution in [3.05, 3.63) is 0 Å². The molecule has 1 rings (SSSR count). The molecule has 1 saturated heterocycles. The van der Waals surface area contributed by atoms with Crippen molar-refractivity contribution in [2.75, 3.05) is 13.2 Å². The summed E-state index contributed by atoms with van der Waals surface area (Å²) in [6.45, 7) is 5.00. The molecule has 1 fully saturated rings. The van der Waals surface area contributed by atoms with Crippen molar-refractivity contribution in [1.29, 1.82) is 0 Å². The fraction of sp³-hybridized carbons (Fsp3) is 0.900. The zero-order valence-corrected chi connectivity index (χ0v) is 8.91. The van der Waals surface area contributed by atoms with Gasteiger partial charge in [-0.15, -0.1) is 0 Å². The van der Waals surface area contributed by atoms with Gasteiger partial charge in [0.25, 0.3) is 0 Å². The van der Waals surface area contributed by atoms with Gasteiger partial charge in [-0.05, 0) is 13.8 Å². The van der Waals surface area contributed by atoms with Gasteiger partial charge in [0, 0.05) is 18.4 Å². The largest absolute Gasteiger partial charge is 0.462 e. The average molecular weight is 201 g/mol. The van der Waals surface area contributed by atoms with Crippen molar-refractivity contribution in [2.45, 2.75) is 44.8 Å². The van der Waals surface area contributed by atoms with Crippen LogP contribution >= 0.6 is 0 Å². The number of carbonyl (C=O) groups is 1. The molecule has 1 heterocycles. The third kappa shape index (κ3) is 4.58. The predicted molar refractivity (Wildman–Crippen MR) is 52.8 cm³/mol. The summed E-state index contributed by atoms with van der Waals surface area (Å²) in [4.78, 5) is 11.4. The highest BCUT2D eigenvalue weighted by atomic mass is 16.6. The number of hydrogen-bond acceptors (Lipinski definition) is 4. The topological polar surface area (TPSA) is 61.6 Å². The standard InChI is InChI=1S/C10H19NO3/c1-10(2,11)7-9(12)14-8-3-5-13-6-4-8/h8H,3-7,11H2,1-2H3. The minimum Gasteiger partial charge on any atom is -0.462 e. The van der Waals surface area contributed by atoms with Crippen molar-refractivity contribution >= 4 is 5.97 Å². The van der Waals surface area contributed by atoms with Crippen LogP contribution in [0, 0.1) is 0 Å². The third-order valence-electron chi connectivity index (χ3n) is 2.07. The molecule has 0 aromatic carbocycles. The molecule has 0 unspecified atom stereocenters. The summed E-state index contributed by atoms with van der Waals surface area (Å²) in [7, 11) is 0. The Morgan fingerprint density at radius 1 is 1.50 bits per heavy atom. The fourth-order valence-corrected chi connectivity index (χ4v) is 1.39. The van der Waals surface area contributed by atoms with Crippen LogP contribution in [0.5, 0.6) is 0 Å². The Morgan fingerprint density at radius 2 is 2.07 bits per heavy atom. The lowest BCUT2D eigenvalue weighted by Gasteiger charge is -2.24. The van der Waals surface area contributed by atoms with Crippen molar-refractivity contribution in [3.8, 4) is 0 Å². The molecule has 82 valence electrons. The van der Waals surface area contributed by atoms with E-state index in [2.05, 4.69) is 0 Å². The molecule has 0 spiro atoms. The first-order valence-corrected chi connectivity index (χ1v) is 5.03. The molecule has 0 aromatic heterocycles. The van der Waals surface area contributed by atoms with Gasteiger partial charge in [-0.3, -0.25) is 4.79 Å². The van der Waals surface area contributed by atoms with Crippen LogP contribution in [0.4, 0.5) is 0 Å². The zero-order chi connectivity index (χ0) is 10.6. The van der Waals surface area contributed by atoms with E-state index >= 15 is 0 Å². The maximum Gasteiger partial charge on any atom is 0.307 e. The van der Waals surface area contributed by atoms with Gasteiger partial charge in [0.15, 0.2) is 0 Å². The van der Waals surface area contributed by atoms with Gasteiger partial charge in [0.05, 0.1) is 19.6 Å². The normalized spacial score (nSPS) is 19.4. The Hall–Kier alpha value is -0.610. The van der Waals surface area contributed by atoms with Crippen molar-refractivity contribution < 1.29 is 14.3 Å². The smallest absolute Gasteiger partial charge is 0.307 e. The Kier molecular flexibility index (Phi) is 3.89. The highest BCUT2D eigenvalue weighted by Gasteiger charge is 2.22. The number of rotatable bonds is 3. The van der Waals surface area contributed by atoms with Gasteiger partial charge in [-0.2, -0.15) is 0 Å². The molecule has 0 aromatic rings. The van der Waals surface area contributed by atoms with Crippen LogP contribution in [0.3, 0.4) is 0 Å². The molecule has 1 aliphatic rings. The SMILES string of the molecule is CC(C)(N)CC(=O)OC1CCOCC1. The van der Waals surface area contributed by atoms with Crippen molar-refractivity contribution in [2.24, 2.45) is 5.73 Å². The van der Waals surface area contributed by atoms with Gasteiger partial charge < -0.3 is 15.2 Å². The highest BCUT2D eigenvalue weighted by Crippen LogP contribution is 2.13. The van der Waals surface area contributed by atoms with Gasteiger partial charge in [-0.25, -0.2) is 0 Å². The summed E-state index contributed by atoms with van der Waals surface area (Å²) in [5, 5.41) is 0. The summed E-state index contributed by atoms with van der Waals surface area (Å²) in [5.74, 6) is -0.204. The second-order valence-electron chi connectivity index (χ2n) is 4.47. The lowest BCUT2D eigenvalue weighted by Crippen LogP contribution is -2.37. The van der Waals surface area contributed by atoms with Gasteiger partial charge in [0.1, 0.15) is 6.10 Å². The van der Waals surface area contributed by atoms with Gasteiger partial charge in [0.2, 0.25) is 0 Å². The van der Waals surface area contributed by atoms with E-state index < -0.39 is 5.54 Å². The van der Waals surface area contributed by atoms with E-state index in [0.717, 1.165) is 12.8 Å². The van der Waals surface area contributed by atoms with E-state index in [9.17, 15) is 4.79 Å². The van der Waals surface area contributed by atoms with E-state index in [1.54, 1.807) is 0 Å². The second-order valence-corrected chi connectivity index (χ2v) is 4.47. The predicted octanol–water partition coefficient (Wildman–Crippen LogP) is 0.836. The molecule has 0 radical (unpaired) electrons. The lowest BCUT2D eigenvalue weighted by atomic mass is 10.0. The van der Waals surface area contributed by atoms with E-state index in [-0.39, 0.29) is 18.5 Å². The first kappa shape index (κ1) is 11.5. The summed E-state index contributed by atoms with van der Waals surface area (Å²) < 4.78 is 10.4. The van der Waals surface area contributed by atoms with E-state index in [1.807, 2.05) is 13.8 Å². The number of carbonyl (C=O) groups excluding carboxylic acids is 1. The number of nitrogens with two attached hydrogens (primary N) is 1. The van der Waals surface area contributed by atoms with Crippen LogP contribution < -0.4 is 5.73 Å². The van der Waals surface area contributed by atoms with E-state index in [4.69, 9.17) is 15.2 Å². The number of hydrogen-bond donors (Lipinski definition) is 1. The lowest BCUT2D eigenvalue weighted by molar-refractivity contribution is -0.154. The zero-order valence-electron chi connectivity index (χ0n) is 8.91. The van der Waals surface area contributed by atoms with Crippen molar-refractivity contribution in [1.82, 2.24) is 0 Å². The molecular weight excluding hydrogens is 182 g/mol. The summed E-state index contributed by atoms with van der Waals surface area (Å²) in [5.41, 5.74) is 5.23. The molecule has 0 atom stereocenters. The highest BCUT2D eigenvalue weighted by molar-refractivity contribution is 5.70. The molecule has 0 aliphatic carbocycles. The van der Waals surface area contributed by atoms with Crippen LogP contribution in [0.15, 0.2) is 0 Å². The molecule has 14 heavy (non-hydrogen) atoms. The Morgan fingerprint density at radius 3 is 2.57 bits per heavy atom. The molecule has 0 saturated carbocycles. The third-order valence-corrected chi connectivity index (χ3v) is 2.07. The van der Waals surface area contributed by atoms with E-state index in [1.165, 1.54) is 0 Å². The van der Waals surface area contributed by atoms with Crippen LogP contribution in [0.25, 0.3) is 0 Å². The minimum atomic E-state index is -0.484. The molecule has 0 amide bonds. The van der Waals surface area contributed by atoms with Crippen LogP contribution in [0.2, 0.25) is 0 Å². The number of esters is 1. The Labute approximate surface area is 84.7 Å². The maximum absolute atomic E-state index is 11.4. The van der Waals surface area contributed by atoms with E-state index in [0.29, 0.717) is 13.2 Å². The average Bonchev–Trinajstić information content (AvgIpc) is 2.02. The summed E-state index contributed by atoms with van der Waals surface area (Å²) in [6, 6.07) is 0. The second kappa shape index (κ2) is 4.75. The Bertz CT molecular complexity index is 192. The summed E-state index contributed by atoms with van der Waals surface area (Å²) >= 11 is 0. The minimum absolute atomic E-state index is 0.0265. The van der Waals surface area contributed by atoms with Gasteiger partial charge in [-0.1, -0.05) is 0 Å². The molecule has 4 heteroatoms. The number of ether oxygens (including phenoxy) is 2. The fourth-order valence-electron chi connectivity index (χ4n) is 1.39. The summed E-state index contributed by atoms with van der Waals surface area (Å²) in [6.07, 6.45) is 1.90. The molecule has 4 nitrogen and oxygen atoms in total. The first-order valence-electron chi connectivity index (χ1n) is 5.03. The quantitative estimate of drug-likeness (QED) is 0.687. The molecular formula is C10H19NO3. The molecule has 2 N–H and O–H groups in total. The van der Waals surface area contributed by atoms with Gasteiger partial charge >= 0.3 is 5.97 Å². The first-order chi connectivity index (χ1) is 6.47. The Balaban J connectivity index is 2.25. The van der Waals surface area contributed by atoms with Crippen LogP contribution in [-0.4, -0.2) is 30.8 Å². The maximum atomic E-state index is 11.4. The van der Waals surface area contributed by atoms with Crippen LogP contribution in [0.1, 0.15) is 33.1 Å². The van der Waals surface area contributed by atoms with Crippen LogP contribution in [-0.2, 0) is 14.3 Å².